The number of aromatic nitrogens is 2. The van der Waals surface area contributed by atoms with Crippen LogP contribution in [0.25, 0.3) is 22.8 Å². The van der Waals surface area contributed by atoms with Gasteiger partial charge in [-0.15, -0.1) is 0 Å². The number of aliphatic carboxylic acids is 1. The van der Waals surface area contributed by atoms with Crippen LogP contribution >= 0.6 is 0 Å². The lowest BCUT2D eigenvalue weighted by molar-refractivity contribution is -0.143. The number of nitriles is 1. The third-order valence-corrected chi connectivity index (χ3v) is 7.38. The number of halogens is 4. The summed E-state index contributed by atoms with van der Waals surface area (Å²) in [4.78, 5) is 18.1. The molecule has 0 amide bonds. The van der Waals surface area contributed by atoms with Gasteiger partial charge in [0.2, 0.25) is 5.82 Å². The molecule has 1 saturated heterocycles. The van der Waals surface area contributed by atoms with Crippen LogP contribution in [0.3, 0.4) is 0 Å². The van der Waals surface area contributed by atoms with Crippen LogP contribution in [-0.2, 0) is 11.0 Å². The topological polar surface area (TPSA) is 115 Å². The number of benzene rings is 2. The molecule has 2 aromatic carbocycles. The van der Waals surface area contributed by atoms with Crippen LogP contribution in [0, 0.1) is 11.3 Å². The summed E-state index contributed by atoms with van der Waals surface area (Å²) in [6.07, 6.45) is -3.19. The molecular formula is C27H25F4N5O3. The van der Waals surface area contributed by atoms with Crippen LogP contribution in [0.15, 0.2) is 40.9 Å². The molecule has 3 aromatic rings. The summed E-state index contributed by atoms with van der Waals surface area (Å²) in [5.74, 6) is -1.26. The summed E-state index contributed by atoms with van der Waals surface area (Å²) < 4.78 is 60.8. The van der Waals surface area contributed by atoms with Crippen molar-refractivity contribution in [2.75, 3.05) is 23.3 Å². The van der Waals surface area contributed by atoms with E-state index in [1.165, 1.54) is 12.1 Å². The van der Waals surface area contributed by atoms with E-state index in [-0.39, 0.29) is 35.8 Å². The lowest BCUT2D eigenvalue weighted by Crippen LogP contribution is -2.44. The fraction of sp³-hybridized carbons (Fsp3) is 0.407. The molecule has 204 valence electrons. The van der Waals surface area contributed by atoms with E-state index in [4.69, 9.17) is 4.52 Å². The molecule has 0 bridgehead atoms. The number of piperidine rings is 1. The lowest BCUT2D eigenvalue weighted by atomic mass is 9.96. The van der Waals surface area contributed by atoms with E-state index in [2.05, 4.69) is 21.5 Å². The summed E-state index contributed by atoms with van der Waals surface area (Å²) in [6.45, 7) is 0.972. The quantitative estimate of drug-likeness (QED) is 0.362. The number of rotatable bonds is 6. The minimum absolute atomic E-state index is 0.0158. The molecule has 0 unspecified atom stereocenters. The first-order chi connectivity index (χ1) is 18.6. The molecule has 12 heteroatoms. The van der Waals surface area contributed by atoms with E-state index in [1.54, 1.807) is 18.2 Å². The monoisotopic (exact) mass is 543 g/mol. The summed E-state index contributed by atoms with van der Waals surface area (Å²) in [6, 6.07) is 10.5. The molecule has 39 heavy (non-hydrogen) atoms. The van der Waals surface area contributed by atoms with Crippen LogP contribution in [-0.4, -0.2) is 46.0 Å². The highest BCUT2D eigenvalue weighted by atomic mass is 19.4. The van der Waals surface area contributed by atoms with E-state index in [0.29, 0.717) is 55.6 Å². The SMILES string of the molecule is N#Cc1cc(-c2nc(-c3ccc(NC4(C(=O)O)CCCC4)c(C(F)(F)F)c3)no2)ccc1N1CCC(F)CC1. The normalized spacial score (nSPS) is 17.7. The maximum Gasteiger partial charge on any atom is 0.418 e. The first kappa shape index (κ1) is 26.5. The molecule has 1 aromatic heterocycles. The van der Waals surface area contributed by atoms with Crippen molar-refractivity contribution in [1.82, 2.24) is 10.1 Å². The van der Waals surface area contributed by atoms with Gasteiger partial charge in [-0.2, -0.15) is 23.4 Å². The Balaban J connectivity index is 1.43. The van der Waals surface area contributed by atoms with Crippen molar-refractivity contribution in [2.24, 2.45) is 0 Å². The predicted molar refractivity (Wildman–Crippen MR) is 134 cm³/mol. The third kappa shape index (κ3) is 5.26. The zero-order chi connectivity index (χ0) is 27.8. The third-order valence-electron chi connectivity index (χ3n) is 7.38. The number of carboxylic acid groups (broad SMARTS) is 1. The van der Waals surface area contributed by atoms with Gasteiger partial charge in [-0.25, -0.2) is 9.18 Å². The van der Waals surface area contributed by atoms with Crippen LogP contribution in [0.5, 0.6) is 0 Å². The second-order valence-corrected chi connectivity index (χ2v) is 9.91. The Hall–Kier alpha value is -4.14. The van der Waals surface area contributed by atoms with Gasteiger partial charge in [0.25, 0.3) is 5.89 Å². The molecule has 2 heterocycles. The second kappa shape index (κ2) is 10.2. The van der Waals surface area contributed by atoms with Gasteiger partial charge >= 0.3 is 12.1 Å². The van der Waals surface area contributed by atoms with Crippen LogP contribution in [0.2, 0.25) is 0 Å². The average molecular weight is 544 g/mol. The largest absolute Gasteiger partial charge is 0.480 e. The van der Waals surface area contributed by atoms with Crippen molar-refractivity contribution in [2.45, 2.75) is 56.4 Å². The molecule has 2 fully saturated rings. The van der Waals surface area contributed by atoms with Crippen molar-refractivity contribution in [1.29, 1.82) is 5.26 Å². The van der Waals surface area contributed by atoms with E-state index in [9.17, 15) is 32.7 Å². The van der Waals surface area contributed by atoms with E-state index >= 15 is 0 Å². The first-order valence-corrected chi connectivity index (χ1v) is 12.6. The first-order valence-electron chi connectivity index (χ1n) is 12.6. The number of anilines is 2. The summed E-state index contributed by atoms with van der Waals surface area (Å²) >= 11 is 0. The van der Waals surface area contributed by atoms with Gasteiger partial charge in [0.05, 0.1) is 16.8 Å². The molecule has 0 atom stereocenters. The summed E-state index contributed by atoms with van der Waals surface area (Å²) in [5, 5.41) is 25.8. The Morgan fingerprint density at radius 3 is 2.46 bits per heavy atom. The van der Waals surface area contributed by atoms with Gasteiger partial charge in [0, 0.05) is 29.9 Å². The highest BCUT2D eigenvalue weighted by Gasteiger charge is 2.43. The molecule has 1 saturated carbocycles. The number of nitrogens with zero attached hydrogens (tertiary/aromatic N) is 4. The van der Waals surface area contributed by atoms with Crippen LogP contribution in [0.4, 0.5) is 28.9 Å². The maximum atomic E-state index is 14.0. The van der Waals surface area contributed by atoms with Crippen molar-refractivity contribution in [3.8, 4) is 28.9 Å². The number of alkyl halides is 4. The molecule has 0 radical (unpaired) electrons. The fourth-order valence-electron chi connectivity index (χ4n) is 5.24. The Kier molecular flexibility index (Phi) is 6.92. The van der Waals surface area contributed by atoms with Crippen molar-refractivity contribution in [3.05, 3.63) is 47.5 Å². The van der Waals surface area contributed by atoms with Crippen molar-refractivity contribution in [3.63, 3.8) is 0 Å². The molecule has 2 aliphatic rings. The molecule has 8 nitrogen and oxygen atoms in total. The molecule has 0 spiro atoms. The minimum atomic E-state index is -4.77. The van der Waals surface area contributed by atoms with E-state index in [1.807, 2.05) is 4.90 Å². The predicted octanol–water partition coefficient (Wildman–Crippen LogP) is 6.04. The van der Waals surface area contributed by atoms with E-state index < -0.39 is 29.4 Å². The van der Waals surface area contributed by atoms with Gasteiger partial charge in [-0.3, -0.25) is 0 Å². The minimum Gasteiger partial charge on any atom is -0.480 e. The average Bonchev–Trinajstić information content (AvgIpc) is 3.60. The standard InChI is InChI=1S/C27H25F4N5O3/c28-19-7-11-36(12-8-19)22-6-4-17(13-18(22)15-32)24-33-23(35-39-24)16-3-5-21(20(14-16)27(29,30)31)34-26(25(37)38)9-1-2-10-26/h3-6,13-14,19,34H,1-2,7-12H2,(H,37,38). The van der Waals surface area contributed by atoms with Crippen molar-refractivity contribution >= 4 is 17.3 Å². The smallest absolute Gasteiger partial charge is 0.418 e. The number of hydrogen-bond acceptors (Lipinski definition) is 7. The Morgan fingerprint density at radius 2 is 1.82 bits per heavy atom. The lowest BCUT2D eigenvalue weighted by Gasteiger charge is -2.31. The van der Waals surface area contributed by atoms with Gasteiger partial charge in [-0.05, 0) is 62.1 Å². The fourth-order valence-corrected chi connectivity index (χ4v) is 5.24. The Bertz CT molecular complexity index is 1420. The van der Waals surface area contributed by atoms with Gasteiger partial charge in [0.15, 0.2) is 0 Å². The van der Waals surface area contributed by atoms with Crippen LogP contribution < -0.4 is 10.2 Å². The number of hydrogen-bond donors (Lipinski definition) is 2. The van der Waals surface area contributed by atoms with E-state index in [0.717, 1.165) is 6.07 Å². The maximum absolute atomic E-state index is 14.0. The highest BCUT2D eigenvalue weighted by Crippen LogP contribution is 2.41. The second-order valence-electron chi connectivity index (χ2n) is 9.91. The number of carboxylic acids is 1. The Labute approximate surface area is 221 Å². The van der Waals surface area contributed by atoms with Gasteiger partial charge in [-0.1, -0.05) is 18.0 Å². The number of carbonyl (C=O) groups is 1. The highest BCUT2D eigenvalue weighted by molar-refractivity contribution is 5.84. The molecular weight excluding hydrogens is 518 g/mol. The van der Waals surface area contributed by atoms with Gasteiger partial charge < -0.3 is 19.8 Å². The zero-order valence-corrected chi connectivity index (χ0v) is 20.8. The van der Waals surface area contributed by atoms with Crippen molar-refractivity contribution < 1.29 is 32.0 Å². The molecule has 5 rings (SSSR count). The van der Waals surface area contributed by atoms with Crippen LogP contribution in [0.1, 0.15) is 49.7 Å². The molecule has 2 N–H and O–H groups in total. The number of nitrogens with one attached hydrogen (secondary N) is 1. The van der Waals surface area contributed by atoms with Gasteiger partial charge in [0.1, 0.15) is 17.8 Å². The Morgan fingerprint density at radius 1 is 1.13 bits per heavy atom. The molecule has 1 aliphatic heterocycles. The summed E-state index contributed by atoms with van der Waals surface area (Å²) in [5.41, 5.74) is -1.38. The summed E-state index contributed by atoms with van der Waals surface area (Å²) in [7, 11) is 0. The zero-order valence-electron chi connectivity index (χ0n) is 20.8. The molecule has 1 aliphatic carbocycles.